The second-order valence-corrected chi connectivity index (χ2v) is 17.7. The fourth-order valence-electron chi connectivity index (χ4n) is 6.84. The van der Waals surface area contributed by atoms with Gasteiger partial charge in [0.15, 0.2) is 0 Å². The van der Waals surface area contributed by atoms with Crippen molar-refractivity contribution in [2.75, 3.05) is 26.4 Å². The first kappa shape index (κ1) is 55.7. The lowest BCUT2D eigenvalue weighted by Crippen LogP contribution is -2.34. The minimum atomic E-state index is -4.61. The van der Waals surface area contributed by atoms with Crippen LogP contribution in [0.2, 0.25) is 0 Å². The molecule has 10 nitrogen and oxygen atoms in total. The molecule has 0 fully saturated rings. The van der Waals surface area contributed by atoms with Crippen LogP contribution in [0.15, 0.2) is 12.2 Å². The number of rotatable bonds is 46. The summed E-state index contributed by atoms with van der Waals surface area (Å²) in [7, 11) is -4.61. The zero-order valence-electron chi connectivity index (χ0n) is 37.0. The van der Waals surface area contributed by atoms with Crippen LogP contribution >= 0.6 is 7.82 Å². The van der Waals surface area contributed by atoms with Crippen molar-refractivity contribution in [1.82, 2.24) is 0 Å². The average Bonchev–Trinajstić information content (AvgIpc) is 3.19. The first-order valence-electron chi connectivity index (χ1n) is 23.7. The number of unbranched alkanes of at least 4 members (excludes halogenated alkanes) is 30. The quantitative estimate of drug-likeness (QED) is 0.0234. The maximum absolute atomic E-state index is 12.7. The molecule has 0 saturated heterocycles. The van der Waals surface area contributed by atoms with Crippen molar-refractivity contribution >= 4 is 19.8 Å². The number of phosphoric acid groups is 1. The predicted octanol–water partition coefficient (Wildman–Crippen LogP) is 13.3. The Bertz CT molecular complexity index is 966. The normalized spacial score (nSPS) is 13.9. The molecule has 338 valence electrons. The highest BCUT2D eigenvalue weighted by molar-refractivity contribution is 7.47. The number of esters is 1. The average molecular weight is 832 g/mol. The SMILES string of the molecule is CCCCCCCCC/C=C\CCCCCCCCCC(=O)OC(COCCCCCCCCCCCCCCCCCCC)COP(=O)(O)OCC(N)C(=O)O. The van der Waals surface area contributed by atoms with Crippen LogP contribution in [0.5, 0.6) is 0 Å². The molecule has 3 atom stereocenters. The summed E-state index contributed by atoms with van der Waals surface area (Å²) in [5.41, 5.74) is 5.36. The van der Waals surface area contributed by atoms with Gasteiger partial charge in [0.05, 0.1) is 19.8 Å². The Morgan fingerprint density at radius 3 is 1.33 bits per heavy atom. The molecule has 0 amide bonds. The highest BCUT2D eigenvalue weighted by Gasteiger charge is 2.27. The second kappa shape index (κ2) is 42.8. The van der Waals surface area contributed by atoms with Gasteiger partial charge in [-0.15, -0.1) is 0 Å². The van der Waals surface area contributed by atoms with Gasteiger partial charge >= 0.3 is 19.8 Å². The van der Waals surface area contributed by atoms with Crippen molar-refractivity contribution < 1.29 is 42.7 Å². The van der Waals surface area contributed by atoms with E-state index in [-0.39, 0.29) is 13.0 Å². The molecule has 0 aromatic rings. The van der Waals surface area contributed by atoms with Gasteiger partial charge in [-0.25, -0.2) is 4.57 Å². The van der Waals surface area contributed by atoms with Crippen molar-refractivity contribution in [2.45, 2.75) is 244 Å². The molecule has 0 aliphatic heterocycles. The van der Waals surface area contributed by atoms with Crippen LogP contribution in [0.1, 0.15) is 232 Å². The number of hydrogen-bond donors (Lipinski definition) is 3. The minimum absolute atomic E-state index is 0.0214. The molecule has 11 heteroatoms. The monoisotopic (exact) mass is 832 g/mol. The largest absolute Gasteiger partial charge is 0.480 e. The highest BCUT2D eigenvalue weighted by Crippen LogP contribution is 2.43. The molecule has 0 heterocycles. The van der Waals surface area contributed by atoms with Gasteiger partial charge < -0.3 is 25.2 Å². The summed E-state index contributed by atoms with van der Waals surface area (Å²) in [4.78, 5) is 33.6. The van der Waals surface area contributed by atoms with Gasteiger partial charge in [0.1, 0.15) is 12.1 Å². The van der Waals surface area contributed by atoms with Gasteiger partial charge in [-0.3, -0.25) is 18.6 Å². The molecule has 3 unspecified atom stereocenters. The van der Waals surface area contributed by atoms with E-state index in [1.165, 1.54) is 161 Å². The van der Waals surface area contributed by atoms with Crippen molar-refractivity contribution in [3.05, 3.63) is 12.2 Å². The molecule has 0 aromatic carbocycles. The Morgan fingerprint density at radius 2 is 0.912 bits per heavy atom. The van der Waals surface area contributed by atoms with Crippen LogP contribution in [-0.4, -0.2) is 60.5 Å². The number of carbonyl (C=O) groups is 2. The van der Waals surface area contributed by atoms with Crippen molar-refractivity contribution in [3.63, 3.8) is 0 Å². The zero-order valence-corrected chi connectivity index (χ0v) is 37.9. The van der Waals surface area contributed by atoms with Gasteiger partial charge in [0, 0.05) is 13.0 Å². The maximum Gasteiger partial charge on any atom is 0.472 e. The van der Waals surface area contributed by atoms with Crippen molar-refractivity contribution in [1.29, 1.82) is 0 Å². The summed E-state index contributed by atoms with van der Waals surface area (Å²) < 4.78 is 33.4. The number of phosphoric ester groups is 1. The number of carboxylic acid groups (broad SMARTS) is 1. The summed E-state index contributed by atoms with van der Waals surface area (Å²) >= 11 is 0. The van der Waals surface area contributed by atoms with Gasteiger partial charge in [-0.1, -0.05) is 199 Å². The number of nitrogens with two attached hydrogens (primary N) is 1. The maximum atomic E-state index is 12.7. The Morgan fingerprint density at radius 1 is 0.544 bits per heavy atom. The molecule has 0 saturated carbocycles. The third-order valence-corrected chi connectivity index (χ3v) is 11.5. The fraction of sp³-hybridized carbons (Fsp3) is 0.913. The van der Waals surface area contributed by atoms with E-state index in [4.69, 9.17) is 29.4 Å². The molecule has 0 aliphatic carbocycles. The Hall–Kier alpha value is -1.29. The van der Waals surface area contributed by atoms with Crippen LogP contribution in [0, 0.1) is 0 Å². The summed E-state index contributed by atoms with van der Waals surface area (Å²) in [6.45, 7) is 3.92. The van der Waals surface area contributed by atoms with Gasteiger partial charge in [-0.05, 0) is 38.5 Å². The van der Waals surface area contributed by atoms with E-state index in [9.17, 15) is 19.0 Å². The number of carbonyl (C=O) groups excluding carboxylic acids is 1. The number of carboxylic acids is 1. The number of ether oxygens (including phenoxy) is 2. The van der Waals surface area contributed by atoms with E-state index in [0.717, 1.165) is 44.9 Å². The van der Waals surface area contributed by atoms with Crippen LogP contribution in [-0.2, 0) is 32.7 Å². The summed E-state index contributed by atoms with van der Waals surface area (Å²) in [5.74, 6) is -1.77. The molecular weight excluding hydrogens is 741 g/mol. The molecule has 0 radical (unpaired) electrons. The van der Waals surface area contributed by atoms with Crippen LogP contribution in [0.25, 0.3) is 0 Å². The summed E-state index contributed by atoms with van der Waals surface area (Å²) in [6, 6.07) is -1.47. The molecule has 4 N–H and O–H groups in total. The van der Waals surface area contributed by atoms with Gasteiger partial charge in [0.25, 0.3) is 0 Å². The standard InChI is InChI=1S/C46H90NO9P/c1-3-5-7-9-11-13-15-17-19-21-22-24-26-28-30-32-34-36-38-45(48)56-43(41-54-57(51,52)55-42-44(47)46(49)50)40-53-39-37-35-33-31-29-27-25-23-20-18-16-14-12-10-8-6-4-2/h19,21,43-44H,3-18,20,22-42,47H2,1-2H3,(H,49,50)(H,51,52)/b21-19-. The van der Waals surface area contributed by atoms with E-state index >= 15 is 0 Å². The highest BCUT2D eigenvalue weighted by atomic mass is 31.2. The fourth-order valence-corrected chi connectivity index (χ4v) is 7.61. The lowest BCUT2D eigenvalue weighted by molar-refractivity contribution is -0.154. The van der Waals surface area contributed by atoms with E-state index in [1.54, 1.807) is 0 Å². The Kier molecular flexibility index (Phi) is 41.9. The number of aliphatic carboxylic acids is 1. The van der Waals surface area contributed by atoms with Crippen LogP contribution in [0.3, 0.4) is 0 Å². The molecule has 0 spiro atoms. The predicted molar refractivity (Wildman–Crippen MR) is 236 cm³/mol. The first-order valence-corrected chi connectivity index (χ1v) is 25.2. The molecule has 0 bridgehead atoms. The molecular formula is C46H90NO9P. The van der Waals surface area contributed by atoms with E-state index in [1.807, 2.05) is 0 Å². The third-order valence-electron chi connectivity index (χ3n) is 10.5. The van der Waals surface area contributed by atoms with E-state index in [2.05, 4.69) is 26.0 Å². The smallest absolute Gasteiger partial charge is 0.472 e. The Balaban J connectivity index is 4.16. The first-order chi connectivity index (χ1) is 27.7. The number of allylic oxidation sites excluding steroid dienone is 2. The lowest BCUT2D eigenvalue weighted by Gasteiger charge is -2.20. The van der Waals surface area contributed by atoms with Crippen molar-refractivity contribution in [3.8, 4) is 0 Å². The molecule has 57 heavy (non-hydrogen) atoms. The number of hydrogen-bond acceptors (Lipinski definition) is 8. The lowest BCUT2D eigenvalue weighted by atomic mass is 10.0. The second-order valence-electron chi connectivity index (χ2n) is 16.2. The summed E-state index contributed by atoms with van der Waals surface area (Å²) in [6.07, 6.45) is 45.4. The summed E-state index contributed by atoms with van der Waals surface area (Å²) in [5, 5.41) is 8.91. The van der Waals surface area contributed by atoms with Crippen molar-refractivity contribution in [2.24, 2.45) is 5.73 Å². The topological polar surface area (TPSA) is 155 Å². The third kappa shape index (κ3) is 42.6. The molecule has 0 aliphatic rings. The van der Waals surface area contributed by atoms with E-state index < -0.39 is 45.1 Å². The molecule has 0 rings (SSSR count). The van der Waals surface area contributed by atoms with Gasteiger partial charge in [-0.2, -0.15) is 0 Å². The van der Waals surface area contributed by atoms with Crippen LogP contribution in [0.4, 0.5) is 0 Å². The van der Waals surface area contributed by atoms with E-state index in [0.29, 0.717) is 13.0 Å². The van der Waals surface area contributed by atoms with Crippen LogP contribution < -0.4 is 5.73 Å². The zero-order chi connectivity index (χ0) is 41.9. The Labute approximate surface area is 350 Å². The molecule has 0 aromatic heterocycles. The minimum Gasteiger partial charge on any atom is -0.480 e. The van der Waals surface area contributed by atoms with Gasteiger partial charge in [0.2, 0.25) is 0 Å².